The van der Waals surface area contributed by atoms with Crippen LogP contribution in [0.4, 0.5) is 0 Å². The highest BCUT2D eigenvalue weighted by Gasteiger charge is 2.42. The first-order chi connectivity index (χ1) is 14.5. The summed E-state index contributed by atoms with van der Waals surface area (Å²) in [7, 11) is 3.09. The molecule has 2 aliphatic carbocycles. The Bertz CT molecular complexity index is 986. The number of carbonyl (C=O) groups is 1. The van der Waals surface area contributed by atoms with Crippen LogP contribution < -0.4 is 20.3 Å². The highest BCUT2D eigenvalue weighted by Crippen LogP contribution is 2.49. The highest BCUT2D eigenvalue weighted by atomic mass is 16.5. The van der Waals surface area contributed by atoms with Gasteiger partial charge < -0.3 is 14.8 Å². The summed E-state index contributed by atoms with van der Waals surface area (Å²) in [6.45, 7) is 2.59. The van der Waals surface area contributed by atoms with E-state index in [2.05, 4.69) is 17.2 Å². The molecule has 2 aromatic rings. The standard InChI is InChI=1S/C23H31N3O4/c1-14(17-10-15-6-7-16(17)9-15)25-22(27)5-4-8-26-13-24-19-12-21(30-3)20(29-2)11-18(19)23(26)28/h11-17H,4-10H2,1-3H3,(H,25,27)/t14-,15+,16+,17-/m1/s1. The van der Waals surface area contributed by atoms with Crippen molar-refractivity contribution in [3.05, 3.63) is 28.8 Å². The van der Waals surface area contributed by atoms with Crippen LogP contribution in [0.15, 0.2) is 23.3 Å². The predicted octanol–water partition coefficient (Wildman–Crippen LogP) is 3.13. The average Bonchev–Trinajstić information content (AvgIpc) is 3.38. The third-order valence-corrected chi connectivity index (χ3v) is 6.96. The smallest absolute Gasteiger partial charge is 0.261 e. The largest absolute Gasteiger partial charge is 0.493 e. The second kappa shape index (κ2) is 8.66. The number of methoxy groups -OCH3 is 2. The number of aromatic nitrogens is 2. The van der Waals surface area contributed by atoms with Crippen LogP contribution in [0.1, 0.15) is 45.4 Å². The van der Waals surface area contributed by atoms with Gasteiger partial charge in [0.1, 0.15) is 0 Å². The molecule has 2 bridgehead atoms. The fourth-order valence-corrected chi connectivity index (χ4v) is 5.39. The summed E-state index contributed by atoms with van der Waals surface area (Å²) < 4.78 is 12.1. The van der Waals surface area contributed by atoms with Crippen molar-refractivity contribution in [1.82, 2.24) is 14.9 Å². The minimum absolute atomic E-state index is 0.0680. The fraction of sp³-hybridized carbons (Fsp3) is 0.609. The third-order valence-electron chi connectivity index (χ3n) is 6.96. The first-order valence-electron chi connectivity index (χ1n) is 10.9. The Morgan fingerprint density at radius 3 is 2.67 bits per heavy atom. The molecule has 0 saturated heterocycles. The monoisotopic (exact) mass is 413 g/mol. The number of nitrogens with one attached hydrogen (secondary N) is 1. The van der Waals surface area contributed by atoms with Gasteiger partial charge in [-0.3, -0.25) is 14.2 Å². The van der Waals surface area contributed by atoms with Gasteiger partial charge in [0.15, 0.2) is 11.5 Å². The summed E-state index contributed by atoms with van der Waals surface area (Å²) in [4.78, 5) is 29.6. The van der Waals surface area contributed by atoms with Crippen molar-refractivity contribution in [2.75, 3.05) is 14.2 Å². The van der Waals surface area contributed by atoms with Gasteiger partial charge >= 0.3 is 0 Å². The van der Waals surface area contributed by atoms with Gasteiger partial charge in [0, 0.05) is 25.1 Å². The van der Waals surface area contributed by atoms with Gasteiger partial charge in [0.05, 0.1) is 31.4 Å². The lowest BCUT2D eigenvalue weighted by Crippen LogP contribution is -2.40. The van der Waals surface area contributed by atoms with Crippen molar-refractivity contribution >= 4 is 16.8 Å². The van der Waals surface area contributed by atoms with E-state index in [1.54, 1.807) is 23.8 Å². The van der Waals surface area contributed by atoms with Gasteiger partial charge in [-0.2, -0.15) is 0 Å². The molecule has 1 aromatic carbocycles. The van der Waals surface area contributed by atoms with Crippen LogP contribution in [0, 0.1) is 17.8 Å². The van der Waals surface area contributed by atoms with Gasteiger partial charge in [0.25, 0.3) is 5.56 Å². The summed E-state index contributed by atoms with van der Waals surface area (Å²) in [6, 6.07) is 3.59. The Labute approximate surface area is 176 Å². The maximum Gasteiger partial charge on any atom is 0.261 e. The van der Waals surface area contributed by atoms with Crippen LogP contribution in [0.2, 0.25) is 0 Å². The van der Waals surface area contributed by atoms with Crippen LogP contribution >= 0.6 is 0 Å². The third kappa shape index (κ3) is 4.02. The SMILES string of the molecule is COc1cc2ncn(CCCC(=O)N[C@H](C)[C@H]3C[C@H]4CC[C@H]3C4)c(=O)c2cc1OC. The fourth-order valence-electron chi connectivity index (χ4n) is 5.39. The van der Waals surface area contributed by atoms with Gasteiger partial charge in [-0.1, -0.05) is 6.42 Å². The summed E-state index contributed by atoms with van der Waals surface area (Å²) in [5.41, 5.74) is 0.419. The molecule has 0 unspecified atom stereocenters. The molecule has 1 aromatic heterocycles. The van der Waals surface area contributed by atoms with Crippen LogP contribution in [0.5, 0.6) is 11.5 Å². The maximum atomic E-state index is 12.8. The Kier molecular flexibility index (Phi) is 5.97. The Hall–Kier alpha value is -2.57. The van der Waals surface area contributed by atoms with Gasteiger partial charge in [-0.05, 0) is 56.4 Å². The predicted molar refractivity (Wildman–Crippen MR) is 115 cm³/mol. The summed E-state index contributed by atoms with van der Waals surface area (Å²) in [5.74, 6) is 3.41. The van der Waals surface area contributed by atoms with Gasteiger partial charge in [0.2, 0.25) is 5.91 Å². The maximum absolute atomic E-state index is 12.8. The van der Waals surface area contributed by atoms with Crippen molar-refractivity contribution in [3.8, 4) is 11.5 Å². The number of nitrogens with zero attached hydrogens (tertiary/aromatic N) is 2. The minimum Gasteiger partial charge on any atom is -0.493 e. The molecule has 2 aliphatic rings. The van der Waals surface area contributed by atoms with Crippen molar-refractivity contribution < 1.29 is 14.3 Å². The zero-order valence-corrected chi connectivity index (χ0v) is 18.0. The second-order valence-corrected chi connectivity index (χ2v) is 8.77. The molecule has 7 heteroatoms. The number of amides is 1. The van der Waals surface area contributed by atoms with E-state index in [1.807, 2.05) is 0 Å². The molecule has 0 aliphatic heterocycles. The zero-order valence-electron chi connectivity index (χ0n) is 18.0. The lowest BCUT2D eigenvalue weighted by Gasteiger charge is -2.28. The average molecular weight is 414 g/mol. The molecule has 1 N–H and O–H groups in total. The molecule has 1 heterocycles. The molecule has 4 atom stereocenters. The normalized spacial score (nSPS) is 23.5. The highest BCUT2D eigenvalue weighted by molar-refractivity contribution is 5.81. The number of carbonyl (C=O) groups excluding carboxylic acids is 1. The number of hydrogen-bond donors (Lipinski definition) is 1. The molecule has 1 amide bonds. The van der Waals surface area contributed by atoms with Crippen LogP contribution in [0.3, 0.4) is 0 Å². The van der Waals surface area contributed by atoms with Crippen molar-refractivity contribution in [2.45, 2.75) is 58.0 Å². The number of fused-ring (bicyclic) bond motifs is 3. The van der Waals surface area contributed by atoms with Crippen molar-refractivity contribution in [2.24, 2.45) is 17.8 Å². The number of hydrogen-bond acceptors (Lipinski definition) is 5. The summed E-state index contributed by atoms with van der Waals surface area (Å²) in [5, 5.41) is 3.67. The quantitative estimate of drug-likeness (QED) is 0.719. The summed E-state index contributed by atoms with van der Waals surface area (Å²) in [6.07, 6.45) is 7.83. The lowest BCUT2D eigenvalue weighted by atomic mass is 9.84. The van der Waals surface area contributed by atoms with E-state index in [0.29, 0.717) is 47.7 Å². The number of ether oxygens (including phenoxy) is 2. The number of rotatable bonds is 8. The van der Waals surface area contributed by atoms with Crippen LogP contribution in [-0.4, -0.2) is 35.7 Å². The van der Waals surface area contributed by atoms with Gasteiger partial charge in [-0.25, -0.2) is 4.98 Å². The number of aryl methyl sites for hydroxylation is 1. The van der Waals surface area contributed by atoms with E-state index in [9.17, 15) is 9.59 Å². The van der Waals surface area contributed by atoms with E-state index in [0.717, 1.165) is 11.8 Å². The molecule has 2 saturated carbocycles. The lowest BCUT2D eigenvalue weighted by molar-refractivity contribution is -0.122. The topological polar surface area (TPSA) is 82.5 Å². The molecule has 30 heavy (non-hydrogen) atoms. The van der Waals surface area contributed by atoms with E-state index in [4.69, 9.17) is 9.47 Å². The Balaban J connectivity index is 1.34. The molecular weight excluding hydrogens is 382 g/mol. The molecule has 0 spiro atoms. The van der Waals surface area contributed by atoms with E-state index >= 15 is 0 Å². The Morgan fingerprint density at radius 1 is 1.23 bits per heavy atom. The van der Waals surface area contributed by atoms with Crippen LogP contribution in [-0.2, 0) is 11.3 Å². The minimum atomic E-state index is -0.142. The molecule has 162 valence electrons. The van der Waals surface area contributed by atoms with Crippen LogP contribution in [0.25, 0.3) is 10.9 Å². The summed E-state index contributed by atoms with van der Waals surface area (Å²) >= 11 is 0. The molecule has 0 radical (unpaired) electrons. The van der Waals surface area contributed by atoms with E-state index < -0.39 is 0 Å². The van der Waals surface area contributed by atoms with E-state index in [1.165, 1.54) is 39.1 Å². The zero-order chi connectivity index (χ0) is 21.3. The van der Waals surface area contributed by atoms with Gasteiger partial charge in [-0.15, -0.1) is 0 Å². The molecule has 4 rings (SSSR count). The van der Waals surface area contributed by atoms with E-state index in [-0.39, 0.29) is 17.5 Å². The molecule has 7 nitrogen and oxygen atoms in total. The van der Waals surface area contributed by atoms with Crippen molar-refractivity contribution in [1.29, 1.82) is 0 Å². The molecular formula is C23H31N3O4. The first kappa shape index (κ1) is 20.7. The molecule has 2 fully saturated rings. The first-order valence-corrected chi connectivity index (χ1v) is 10.9. The number of benzene rings is 1. The second-order valence-electron chi connectivity index (χ2n) is 8.77. The van der Waals surface area contributed by atoms with Crippen molar-refractivity contribution in [3.63, 3.8) is 0 Å². The Morgan fingerprint density at radius 2 is 2.00 bits per heavy atom.